The van der Waals surface area contributed by atoms with Gasteiger partial charge in [-0.3, -0.25) is 4.79 Å². The molecule has 10 atom stereocenters. The lowest BCUT2D eigenvalue weighted by molar-refractivity contribution is -0.137. The quantitative estimate of drug-likeness (QED) is 0.318. The lowest BCUT2D eigenvalue weighted by Crippen LogP contribution is -2.58. The van der Waals surface area contributed by atoms with E-state index in [-0.39, 0.29) is 9.65 Å². The lowest BCUT2D eigenvalue weighted by atomic mass is 9.44. The lowest BCUT2D eigenvalue weighted by Gasteiger charge is -2.61. The molecule has 3 heteroatoms. The molecular formula is C27H44Br2O. The Hall–Kier alpha value is 0.630. The van der Waals surface area contributed by atoms with Gasteiger partial charge in [-0.2, -0.15) is 0 Å². The van der Waals surface area contributed by atoms with Crippen molar-refractivity contribution in [2.75, 3.05) is 0 Å². The summed E-state index contributed by atoms with van der Waals surface area (Å²) in [5.74, 6) is 6.23. The second-order valence-electron chi connectivity index (χ2n) is 12.6. The maximum absolute atomic E-state index is 12.7. The van der Waals surface area contributed by atoms with Crippen molar-refractivity contribution in [2.24, 2.45) is 52.3 Å². The predicted octanol–water partition coefficient (Wildman–Crippen LogP) is 8.42. The fourth-order valence-electron chi connectivity index (χ4n) is 9.15. The molecule has 4 rings (SSSR count). The SMILES string of the molecule is CC(C)CCC[C@@H](C)[C@@H]1CC[C@@H]2[C@H]3CC[C@H]4[C@H](Br)C(=O)[C@@H](Br)C[C@]4(C)[C@@H]3CC[C@]21C. The van der Waals surface area contributed by atoms with E-state index in [1.54, 1.807) is 0 Å². The number of carbonyl (C=O) groups excluding carboxylic acids is 1. The number of rotatable bonds is 5. The molecule has 0 aromatic carbocycles. The number of hydrogen-bond donors (Lipinski definition) is 0. The Balaban J connectivity index is 1.50. The molecule has 172 valence electrons. The molecule has 0 unspecified atom stereocenters. The number of fused-ring (bicyclic) bond motifs is 5. The highest BCUT2D eigenvalue weighted by Gasteiger charge is 2.62. The Labute approximate surface area is 202 Å². The van der Waals surface area contributed by atoms with Gasteiger partial charge in [0.25, 0.3) is 0 Å². The molecule has 4 saturated carbocycles. The molecule has 0 aromatic heterocycles. The first-order valence-electron chi connectivity index (χ1n) is 12.9. The van der Waals surface area contributed by atoms with E-state index in [1.165, 1.54) is 57.8 Å². The first-order chi connectivity index (χ1) is 14.1. The maximum Gasteiger partial charge on any atom is 0.160 e. The van der Waals surface area contributed by atoms with Crippen molar-refractivity contribution < 1.29 is 4.79 Å². The van der Waals surface area contributed by atoms with Crippen LogP contribution in [0.15, 0.2) is 0 Å². The van der Waals surface area contributed by atoms with Crippen molar-refractivity contribution in [2.45, 2.75) is 108 Å². The van der Waals surface area contributed by atoms with Crippen molar-refractivity contribution in [3.63, 3.8) is 0 Å². The van der Waals surface area contributed by atoms with Crippen LogP contribution in [0.25, 0.3) is 0 Å². The van der Waals surface area contributed by atoms with Gasteiger partial charge in [0.1, 0.15) is 0 Å². The second-order valence-corrected chi connectivity index (χ2v) is 14.7. The van der Waals surface area contributed by atoms with E-state index in [2.05, 4.69) is 66.5 Å². The molecule has 0 aromatic rings. The van der Waals surface area contributed by atoms with Crippen molar-refractivity contribution in [1.82, 2.24) is 0 Å². The van der Waals surface area contributed by atoms with Gasteiger partial charge in [0.2, 0.25) is 0 Å². The Morgan fingerprint density at radius 1 is 0.900 bits per heavy atom. The molecular weight excluding hydrogens is 500 g/mol. The van der Waals surface area contributed by atoms with Crippen molar-refractivity contribution in [3.8, 4) is 0 Å². The number of halogens is 2. The molecule has 4 aliphatic rings. The number of carbonyl (C=O) groups is 1. The zero-order valence-corrected chi connectivity index (χ0v) is 23.1. The Bertz CT molecular complexity index is 647. The number of alkyl halides is 2. The Kier molecular flexibility index (Phi) is 6.95. The third kappa shape index (κ3) is 3.82. The van der Waals surface area contributed by atoms with Gasteiger partial charge >= 0.3 is 0 Å². The van der Waals surface area contributed by atoms with Crippen molar-refractivity contribution >= 4 is 37.6 Å². The van der Waals surface area contributed by atoms with Crippen molar-refractivity contribution in [3.05, 3.63) is 0 Å². The highest BCUT2D eigenvalue weighted by atomic mass is 79.9. The molecule has 4 aliphatic carbocycles. The molecule has 0 saturated heterocycles. The van der Waals surface area contributed by atoms with Crippen LogP contribution in [0.3, 0.4) is 0 Å². The fraction of sp³-hybridized carbons (Fsp3) is 0.963. The molecule has 0 N–H and O–H groups in total. The first-order valence-corrected chi connectivity index (χ1v) is 14.7. The number of Topliss-reactive ketones (excluding diaryl/α,β-unsaturated/α-hetero) is 1. The summed E-state index contributed by atoms with van der Waals surface area (Å²) in [4.78, 5) is 12.8. The van der Waals surface area contributed by atoms with Crippen LogP contribution < -0.4 is 0 Å². The van der Waals surface area contributed by atoms with E-state index in [0.717, 1.165) is 41.9 Å². The normalized spacial score (nSPS) is 49.5. The minimum atomic E-state index is 0.0486. The highest BCUT2D eigenvalue weighted by Crippen LogP contribution is 2.68. The van der Waals surface area contributed by atoms with Gasteiger partial charge in [0.05, 0.1) is 9.65 Å². The van der Waals surface area contributed by atoms with E-state index in [9.17, 15) is 4.79 Å². The minimum Gasteiger partial charge on any atom is -0.297 e. The van der Waals surface area contributed by atoms with Crippen LogP contribution in [0.5, 0.6) is 0 Å². The van der Waals surface area contributed by atoms with Gasteiger partial charge in [-0.1, -0.05) is 85.7 Å². The fourth-order valence-corrected chi connectivity index (χ4v) is 11.7. The third-order valence-corrected chi connectivity index (χ3v) is 12.6. The monoisotopic (exact) mass is 542 g/mol. The number of ketones is 1. The Morgan fingerprint density at radius 3 is 2.27 bits per heavy atom. The molecule has 30 heavy (non-hydrogen) atoms. The highest BCUT2D eigenvalue weighted by molar-refractivity contribution is 9.10. The van der Waals surface area contributed by atoms with Gasteiger partial charge in [-0.05, 0) is 97.2 Å². The summed E-state index contributed by atoms with van der Waals surface area (Å²) in [6.45, 7) is 12.5. The first kappa shape index (κ1) is 23.8. The smallest absolute Gasteiger partial charge is 0.160 e. The zero-order chi connectivity index (χ0) is 21.8. The Morgan fingerprint density at radius 2 is 1.57 bits per heavy atom. The molecule has 0 radical (unpaired) electrons. The number of hydrogen-bond acceptors (Lipinski definition) is 1. The predicted molar refractivity (Wildman–Crippen MR) is 134 cm³/mol. The summed E-state index contributed by atoms with van der Waals surface area (Å²) in [7, 11) is 0. The van der Waals surface area contributed by atoms with Crippen LogP contribution in [0, 0.1) is 52.3 Å². The minimum absolute atomic E-state index is 0.0486. The van der Waals surface area contributed by atoms with E-state index >= 15 is 0 Å². The summed E-state index contributed by atoms with van der Waals surface area (Å²) in [5.41, 5.74) is 0.884. The largest absolute Gasteiger partial charge is 0.297 e. The maximum atomic E-state index is 12.7. The molecule has 0 spiro atoms. The van der Waals surface area contributed by atoms with Crippen molar-refractivity contribution in [1.29, 1.82) is 0 Å². The van der Waals surface area contributed by atoms with Gasteiger partial charge in [0, 0.05) is 0 Å². The van der Waals surface area contributed by atoms with Gasteiger partial charge < -0.3 is 0 Å². The molecule has 0 bridgehead atoms. The van der Waals surface area contributed by atoms with E-state index < -0.39 is 0 Å². The van der Waals surface area contributed by atoms with E-state index in [4.69, 9.17) is 0 Å². The van der Waals surface area contributed by atoms with Crippen LogP contribution in [0.4, 0.5) is 0 Å². The van der Waals surface area contributed by atoms with Crippen LogP contribution in [0.1, 0.15) is 98.8 Å². The molecule has 0 aliphatic heterocycles. The van der Waals surface area contributed by atoms with E-state index in [0.29, 0.717) is 22.5 Å². The van der Waals surface area contributed by atoms with Gasteiger partial charge in [0.15, 0.2) is 5.78 Å². The summed E-state index contributed by atoms with van der Waals surface area (Å²) >= 11 is 7.60. The van der Waals surface area contributed by atoms with E-state index in [1.807, 2.05) is 0 Å². The summed E-state index contributed by atoms with van der Waals surface area (Å²) < 4.78 is 0. The summed E-state index contributed by atoms with van der Waals surface area (Å²) in [5, 5.41) is 0. The summed E-state index contributed by atoms with van der Waals surface area (Å²) in [6.07, 6.45) is 13.6. The van der Waals surface area contributed by atoms with Crippen LogP contribution >= 0.6 is 31.9 Å². The molecule has 0 heterocycles. The van der Waals surface area contributed by atoms with Gasteiger partial charge in [-0.15, -0.1) is 0 Å². The van der Waals surface area contributed by atoms with Crippen LogP contribution in [0.2, 0.25) is 0 Å². The molecule has 4 fully saturated rings. The van der Waals surface area contributed by atoms with Gasteiger partial charge in [-0.25, -0.2) is 0 Å². The topological polar surface area (TPSA) is 17.1 Å². The second kappa shape index (κ2) is 8.77. The third-order valence-electron chi connectivity index (χ3n) is 10.7. The molecule has 0 amide bonds. The van der Waals surface area contributed by atoms with Crippen LogP contribution in [-0.4, -0.2) is 15.4 Å². The standard InChI is InChI=1S/C27H44Br2O/c1-16(2)7-6-8-17(3)19-11-12-20-18-9-10-22-24(29)25(30)23(28)15-27(22,5)21(18)13-14-26(19,20)4/h16-24H,6-15H2,1-5H3/t17-,18-,19+,20-,21-,22+,23+,24+,26+,27-/m1/s1. The summed E-state index contributed by atoms with van der Waals surface area (Å²) in [6, 6.07) is 0. The average molecular weight is 544 g/mol. The average Bonchev–Trinajstić information content (AvgIpc) is 3.03. The van der Waals surface area contributed by atoms with Crippen LogP contribution in [-0.2, 0) is 4.79 Å². The zero-order valence-electron chi connectivity index (χ0n) is 19.9. The molecule has 1 nitrogen and oxygen atoms in total.